The van der Waals surface area contributed by atoms with Gasteiger partial charge in [0.15, 0.2) is 0 Å². The minimum atomic E-state index is -0.748. The standard InChI is InChI=1S/C13H15N3O/c1-2-9-7-15-5-3-10(9)13(17)11-8-16-6-4-12(11)14/h3-8,13,17H,2H2,1H3,(H2,14,16). The zero-order valence-corrected chi connectivity index (χ0v) is 9.67. The zero-order chi connectivity index (χ0) is 12.3. The Hall–Kier alpha value is -1.94. The van der Waals surface area contributed by atoms with E-state index in [0.29, 0.717) is 11.3 Å². The topological polar surface area (TPSA) is 72.0 Å². The highest BCUT2D eigenvalue weighted by atomic mass is 16.3. The highest BCUT2D eigenvalue weighted by Gasteiger charge is 2.16. The number of aliphatic hydroxyl groups excluding tert-OH is 1. The van der Waals surface area contributed by atoms with Crippen molar-refractivity contribution in [3.05, 3.63) is 53.6 Å². The van der Waals surface area contributed by atoms with Gasteiger partial charge in [0.25, 0.3) is 0 Å². The van der Waals surface area contributed by atoms with E-state index in [0.717, 1.165) is 17.5 Å². The molecule has 17 heavy (non-hydrogen) atoms. The Bertz CT molecular complexity index is 514. The van der Waals surface area contributed by atoms with E-state index in [1.165, 1.54) is 0 Å². The van der Waals surface area contributed by atoms with Crippen molar-refractivity contribution in [1.82, 2.24) is 9.97 Å². The van der Waals surface area contributed by atoms with Crippen LogP contribution in [0.2, 0.25) is 0 Å². The molecule has 4 heteroatoms. The molecule has 2 heterocycles. The maximum Gasteiger partial charge on any atom is 0.108 e. The first-order chi connectivity index (χ1) is 8.24. The fraction of sp³-hybridized carbons (Fsp3) is 0.231. The normalized spacial score (nSPS) is 12.4. The number of hydrogen-bond donors (Lipinski definition) is 2. The lowest BCUT2D eigenvalue weighted by atomic mass is 9.97. The zero-order valence-electron chi connectivity index (χ0n) is 9.67. The van der Waals surface area contributed by atoms with E-state index in [1.54, 1.807) is 30.9 Å². The quantitative estimate of drug-likeness (QED) is 0.840. The molecule has 0 bridgehead atoms. The molecule has 0 fully saturated rings. The lowest BCUT2D eigenvalue weighted by molar-refractivity contribution is 0.219. The smallest absolute Gasteiger partial charge is 0.108 e. The Morgan fingerprint density at radius 2 is 1.88 bits per heavy atom. The van der Waals surface area contributed by atoms with Crippen LogP contribution in [0, 0.1) is 0 Å². The fourth-order valence-electron chi connectivity index (χ4n) is 1.81. The number of hydrogen-bond acceptors (Lipinski definition) is 4. The van der Waals surface area contributed by atoms with Crippen molar-refractivity contribution in [2.75, 3.05) is 5.73 Å². The number of rotatable bonds is 3. The molecule has 0 amide bonds. The summed E-state index contributed by atoms with van der Waals surface area (Å²) in [6.45, 7) is 2.03. The van der Waals surface area contributed by atoms with Crippen LogP contribution in [0.15, 0.2) is 36.9 Å². The monoisotopic (exact) mass is 229 g/mol. The molecule has 1 atom stereocenters. The summed E-state index contributed by atoms with van der Waals surface area (Å²) in [6, 6.07) is 3.50. The Morgan fingerprint density at radius 1 is 1.18 bits per heavy atom. The second-order valence-corrected chi connectivity index (χ2v) is 3.84. The molecule has 0 radical (unpaired) electrons. The Kier molecular flexibility index (Phi) is 3.35. The van der Waals surface area contributed by atoms with E-state index in [-0.39, 0.29) is 0 Å². The van der Waals surface area contributed by atoms with Gasteiger partial charge in [-0.3, -0.25) is 9.97 Å². The van der Waals surface area contributed by atoms with Crippen LogP contribution in [-0.4, -0.2) is 15.1 Å². The molecule has 0 aliphatic rings. The van der Waals surface area contributed by atoms with Crippen LogP contribution in [0.3, 0.4) is 0 Å². The summed E-state index contributed by atoms with van der Waals surface area (Å²) in [4.78, 5) is 8.05. The lowest BCUT2D eigenvalue weighted by Gasteiger charge is -2.15. The van der Waals surface area contributed by atoms with E-state index in [9.17, 15) is 5.11 Å². The molecule has 88 valence electrons. The first-order valence-electron chi connectivity index (χ1n) is 5.54. The van der Waals surface area contributed by atoms with Gasteiger partial charge in [0, 0.05) is 36.0 Å². The third-order valence-electron chi connectivity index (χ3n) is 2.80. The van der Waals surface area contributed by atoms with E-state index < -0.39 is 6.10 Å². The third-order valence-corrected chi connectivity index (χ3v) is 2.80. The van der Waals surface area contributed by atoms with Crippen LogP contribution in [0.5, 0.6) is 0 Å². The molecule has 0 aliphatic heterocycles. The van der Waals surface area contributed by atoms with E-state index in [1.807, 2.05) is 13.0 Å². The minimum absolute atomic E-state index is 0.548. The van der Waals surface area contributed by atoms with Crippen LogP contribution in [-0.2, 0) is 6.42 Å². The van der Waals surface area contributed by atoms with Crippen molar-refractivity contribution in [3.8, 4) is 0 Å². The van der Waals surface area contributed by atoms with E-state index in [4.69, 9.17) is 5.73 Å². The van der Waals surface area contributed by atoms with Gasteiger partial charge in [-0.05, 0) is 29.7 Å². The number of aromatic nitrogens is 2. The predicted molar refractivity (Wildman–Crippen MR) is 66.3 cm³/mol. The van der Waals surface area contributed by atoms with Gasteiger partial charge in [-0.25, -0.2) is 0 Å². The van der Waals surface area contributed by atoms with Gasteiger partial charge in [-0.1, -0.05) is 6.92 Å². The highest BCUT2D eigenvalue weighted by Crippen LogP contribution is 2.27. The van der Waals surface area contributed by atoms with Crippen molar-refractivity contribution >= 4 is 5.69 Å². The summed E-state index contributed by atoms with van der Waals surface area (Å²) in [7, 11) is 0. The molecule has 2 aromatic rings. The van der Waals surface area contributed by atoms with E-state index in [2.05, 4.69) is 9.97 Å². The molecule has 3 N–H and O–H groups in total. The minimum Gasteiger partial charge on any atom is -0.398 e. The number of nitrogens with two attached hydrogens (primary N) is 1. The molecule has 0 saturated heterocycles. The summed E-state index contributed by atoms with van der Waals surface area (Å²) >= 11 is 0. The molecule has 2 aromatic heterocycles. The SMILES string of the molecule is CCc1cnccc1C(O)c1cnccc1N. The fourth-order valence-corrected chi connectivity index (χ4v) is 1.81. The maximum absolute atomic E-state index is 10.3. The van der Waals surface area contributed by atoms with Crippen LogP contribution in [0.4, 0.5) is 5.69 Å². The molecule has 0 aliphatic carbocycles. The van der Waals surface area contributed by atoms with Crippen LogP contribution >= 0.6 is 0 Å². The number of pyridine rings is 2. The average molecular weight is 229 g/mol. The molecule has 0 saturated carbocycles. The van der Waals surface area contributed by atoms with Gasteiger partial charge in [-0.15, -0.1) is 0 Å². The number of anilines is 1. The average Bonchev–Trinajstić information content (AvgIpc) is 2.38. The molecular formula is C13H15N3O. The van der Waals surface area contributed by atoms with Crippen molar-refractivity contribution in [2.24, 2.45) is 0 Å². The summed E-state index contributed by atoms with van der Waals surface area (Å²) in [5.41, 5.74) is 8.87. The van der Waals surface area contributed by atoms with Gasteiger partial charge in [0.1, 0.15) is 6.10 Å². The molecule has 2 rings (SSSR count). The Morgan fingerprint density at radius 3 is 2.59 bits per heavy atom. The summed E-state index contributed by atoms with van der Waals surface area (Å²) in [6.07, 6.45) is 6.72. The van der Waals surface area contributed by atoms with Gasteiger partial charge in [0.2, 0.25) is 0 Å². The Labute approximate surface area is 100 Å². The highest BCUT2D eigenvalue weighted by molar-refractivity contribution is 5.49. The summed E-state index contributed by atoms with van der Waals surface area (Å²) in [5.74, 6) is 0. The first-order valence-corrected chi connectivity index (χ1v) is 5.54. The van der Waals surface area contributed by atoms with Crippen molar-refractivity contribution in [3.63, 3.8) is 0 Å². The van der Waals surface area contributed by atoms with Crippen LogP contribution in [0.25, 0.3) is 0 Å². The maximum atomic E-state index is 10.3. The van der Waals surface area contributed by atoms with Gasteiger partial charge in [0.05, 0.1) is 0 Å². The molecule has 0 aromatic carbocycles. The third kappa shape index (κ3) is 2.26. The second-order valence-electron chi connectivity index (χ2n) is 3.84. The number of nitrogen functional groups attached to an aromatic ring is 1. The largest absolute Gasteiger partial charge is 0.398 e. The predicted octanol–water partition coefficient (Wildman–Crippen LogP) is 1.70. The molecular weight excluding hydrogens is 214 g/mol. The van der Waals surface area contributed by atoms with E-state index >= 15 is 0 Å². The number of nitrogens with zero attached hydrogens (tertiary/aromatic N) is 2. The molecule has 0 spiro atoms. The summed E-state index contributed by atoms with van der Waals surface area (Å²) < 4.78 is 0. The van der Waals surface area contributed by atoms with Crippen LogP contribution < -0.4 is 5.73 Å². The Balaban J connectivity index is 2.44. The lowest BCUT2D eigenvalue weighted by Crippen LogP contribution is -2.07. The number of aliphatic hydroxyl groups is 1. The summed E-state index contributed by atoms with van der Waals surface area (Å²) in [5, 5.41) is 10.3. The number of aryl methyl sites for hydroxylation is 1. The van der Waals surface area contributed by atoms with Gasteiger partial charge in [-0.2, -0.15) is 0 Å². The first kappa shape index (κ1) is 11.5. The molecule has 4 nitrogen and oxygen atoms in total. The van der Waals surface area contributed by atoms with Crippen molar-refractivity contribution in [2.45, 2.75) is 19.4 Å². The second kappa shape index (κ2) is 4.93. The van der Waals surface area contributed by atoms with Gasteiger partial charge < -0.3 is 10.8 Å². The molecule has 1 unspecified atom stereocenters. The van der Waals surface area contributed by atoms with Crippen LogP contribution in [0.1, 0.15) is 29.7 Å². The van der Waals surface area contributed by atoms with Crippen molar-refractivity contribution < 1.29 is 5.11 Å². The van der Waals surface area contributed by atoms with Gasteiger partial charge >= 0.3 is 0 Å². The van der Waals surface area contributed by atoms with Crippen molar-refractivity contribution in [1.29, 1.82) is 0 Å².